The minimum absolute atomic E-state index is 0. The number of likely N-dealkylation sites (tertiary alicyclic amines) is 2. The zero-order valence-corrected chi connectivity index (χ0v) is 44.5. The van der Waals surface area contributed by atoms with E-state index in [-0.39, 0.29) is 79.4 Å². The van der Waals surface area contributed by atoms with Crippen molar-refractivity contribution in [2.24, 2.45) is 0 Å². The van der Waals surface area contributed by atoms with Crippen LogP contribution in [0.4, 0.5) is 8.78 Å². The van der Waals surface area contributed by atoms with Crippen LogP contribution in [-0.4, -0.2) is 133 Å². The summed E-state index contributed by atoms with van der Waals surface area (Å²) >= 11 is 0. The van der Waals surface area contributed by atoms with E-state index in [1.54, 1.807) is 59.8 Å². The van der Waals surface area contributed by atoms with Gasteiger partial charge in [-0.3, -0.25) is 49.1 Å². The van der Waals surface area contributed by atoms with E-state index in [4.69, 9.17) is 14.2 Å². The van der Waals surface area contributed by atoms with Gasteiger partial charge in [0.25, 0.3) is 11.8 Å². The van der Waals surface area contributed by atoms with Crippen molar-refractivity contribution in [3.8, 4) is 34.0 Å². The second-order valence-corrected chi connectivity index (χ2v) is 19.1. The van der Waals surface area contributed by atoms with Gasteiger partial charge < -0.3 is 35.4 Å². The summed E-state index contributed by atoms with van der Waals surface area (Å²) in [6.07, 6.45) is 5.30. The Morgan fingerprint density at radius 3 is 1.49 bits per heavy atom. The van der Waals surface area contributed by atoms with E-state index < -0.39 is 29.7 Å². The molecule has 4 aromatic carbocycles. The number of aryl methyl sites for hydroxylation is 2. The largest absolute Gasteiger partial charge is 1.00 e. The average molecular weight is 1070 g/mol. The van der Waals surface area contributed by atoms with Crippen molar-refractivity contribution < 1.29 is 71.6 Å². The average Bonchev–Trinajstić information content (AvgIpc) is 4.07. The number of nitrogens with one attached hydrogen (secondary N) is 4. The molecule has 6 heterocycles. The minimum atomic E-state index is -0.977. The Hall–Kier alpha value is -8.06. The molecule has 2 amide bonds. The van der Waals surface area contributed by atoms with Crippen LogP contribution >= 0.6 is 0 Å². The molecule has 10 rings (SSSR count). The first-order chi connectivity index (χ1) is 37.2. The Balaban J connectivity index is 0.000000223. The normalized spacial score (nSPS) is 17.3. The number of benzene rings is 4. The quantitative estimate of drug-likeness (QED) is 0.0726. The molecule has 2 saturated heterocycles. The number of piperidine rings is 2. The van der Waals surface area contributed by atoms with Crippen LogP contribution < -0.4 is 39.0 Å². The van der Waals surface area contributed by atoms with Gasteiger partial charge >= 0.3 is 30.8 Å². The topological polar surface area (TPSA) is 260 Å². The number of hydrogen-bond donors (Lipinski definition) is 5. The molecule has 2 aliphatic rings. The number of fused-ring (bicyclic) bond motifs is 2. The van der Waals surface area contributed by atoms with Crippen LogP contribution in [0.1, 0.15) is 68.9 Å². The summed E-state index contributed by atoms with van der Waals surface area (Å²) in [5.41, 5.74) is 8.24. The van der Waals surface area contributed by atoms with Crippen LogP contribution in [0.3, 0.4) is 0 Å². The summed E-state index contributed by atoms with van der Waals surface area (Å²) in [7, 11) is 4.27. The molecule has 6 N–H and O–H groups in total. The predicted molar refractivity (Wildman–Crippen MR) is 285 cm³/mol. The first-order valence-corrected chi connectivity index (χ1v) is 25.1. The van der Waals surface area contributed by atoms with Crippen molar-refractivity contribution in [1.29, 1.82) is 0 Å². The summed E-state index contributed by atoms with van der Waals surface area (Å²) < 4.78 is 45.0. The summed E-state index contributed by atoms with van der Waals surface area (Å²) in [5.74, 6) is -2.00. The molecule has 0 spiro atoms. The second kappa shape index (κ2) is 26.1. The molecular formula is C57H59F2LiN10O9. The molecule has 2 aliphatic heterocycles. The maximum Gasteiger partial charge on any atom is 1.00 e. The van der Waals surface area contributed by atoms with Crippen LogP contribution in [-0.2, 0) is 27.4 Å². The Morgan fingerprint density at radius 1 is 0.633 bits per heavy atom. The molecule has 22 heteroatoms. The van der Waals surface area contributed by atoms with Gasteiger partial charge in [-0.1, -0.05) is 12.1 Å². The molecule has 0 saturated carbocycles. The number of carboxylic acid groups (broad SMARTS) is 1. The SMILES string of the molecule is COC(=O)[C@@H]1CC[C@@H](NC(=O)c2ccc3[nH]nc(-c4ccnc(C)c4)c3c2)CN1Cc1c(F)cccc1OC.COc1cccc(F)c1CN1C[C@H](NC(=O)c2ccc3[nH]nc(-c4ccnc(C)c4)c3c2)CC[C@H]1C(=O)O.[Li+].[OH-]. The number of nitrogens with zero attached hydrogens (tertiary/aromatic N) is 6. The molecule has 19 nitrogen and oxygen atoms in total. The summed E-state index contributed by atoms with van der Waals surface area (Å²) in [6, 6.07) is 25.6. The Labute approximate surface area is 465 Å². The zero-order chi connectivity index (χ0) is 54.3. The number of hydrogen-bond acceptors (Lipinski definition) is 14. The van der Waals surface area contributed by atoms with E-state index in [0.29, 0.717) is 60.4 Å². The number of aromatic amines is 2. The molecule has 8 aromatic rings. The molecule has 0 aliphatic carbocycles. The predicted octanol–water partition coefficient (Wildman–Crippen LogP) is 4.77. The van der Waals surface area contributed by atoms with Crippen molar-refractivity contribution in [2.45, 2.75) is 76.8 Å². The van der Waals surface area contributed by atoms with Gasteiger partial charge in [0.1, 0.15) is 46.6 Å². The first-order valence-electron chi connectivity index (χ1n) is 25.1. The summed E-state index contributed by atoms with van der Waals surface area (Å²) in [5, 5.41) is 32.5. The number of pyridine rings is 2. The van der Waals surface area contributed by atoms with E-state index in [1.807, 2.05) is 61.2 Å². The van der Waals surface area contributed by atoms with Gasteiger partial charge in [-0.2, -0.15) is 10.2 Å². The molecule has 2 fully saturated rings. The van der Waals surface area contributed by atoms with Crippen LogP contribution in [0.15, 0.2) is 109 Å². The van der Waals surface area contributed by atoms with Gasteiger partial charge in [0.15, 0.2) is 0 Å². The molecule has 0 unspecified atom stereocenters. The van der Waals surface area contributed by atoms with Gasteiger partial charge in [0, 0.05) is 106 Å². The van der Waals surface area contributed by atoms with Crippen LogP contribution in [0.2, 0.25) is 0 Å². The van der Waals surface area contributed by atoms with Crippen molar-refractivity contribution in [3.05, 3.63) is 155 Å². The van der Waals surface area contributed by atoms with Gasteiger partial charge in [-0.05, 0) is 124 Å². The monoisotopic (exact) mass is 1070 g/mol. The maximum absolute atomic E-state index is 14.7. The van der Waals surface area contributed by atoms with E-state index in [1.165, 1.54) is 33.5 Å². The molecule has 79 heavy (non-hydrogen) atoms. The van der Waals surface area contributed by atoms with Gasteiger partial charge in [-0.15, -0.1) is 0 Å². The third-order valence-corrected chi connectivity index (χ3v) is 14.1. The van der Waals surface area contributed by atoms with Gasteiger partial charge in [0.2, 0.25) is 0 Å². The fraction of sp³-hybridized carbons (Fsp3) is 0.298. The molecule has 4 aromatic heterocycles. The Kier molecular flexibility index (Phi) is 19.3. The number of rotatable bonds is 14. The van der Waals surface area contributed by atoms with E-state index in [0.717, 1.165) is 55.7 Å². The Morgan fingerprint density at radius 2 is 1.08 bits per heavy atom. The van der Waals surface area contributed by atoms with Crippen molar-refractivity contribution in [1.82, 2.24) is 50.8 Å². The van der Waals surface area contributed by atoms with E-state index in [2.05, 4.69) is 41.0 Å². The fourth-order valence-corrected chi connectivity index (χ4v) is 10.2. The molecule has 0 radical (unpaired) electrons. The number of carbonyl (C=O) groups is 4. The molecular weight excluding hydrogens is 1010 g/mol. The van der Waals surface area contributed by atoms with Crippen molar-refractivity contribution in [2.75, 3.05) is 34.4 Å². The third kappa shape index (κ3) is 13.3. The van der Waals surface area contributed by atoms with Crippen LogP contribution in [0.25, 0.3) is 44.3 Å². The molecule has 406 valence electrons. The van der Waals surface area contributed by atoms with Crippen molar-refractivity contribution >= 4 is 45.6 Å². The standard InChI is InChI=1S/C29H30FN5O4.C28H28FN5O4.Li.H2O/c1-17-13-18(11-12-31-17)27-21-14-19(7-9-24(21)33-34-27)28(36)32-20-8-10-25(29(37)39-3)35(15-20)16-22-23(30)5-4-6-26(22)38-2;1-16-12-17(10-11-30-16)26-20-13-18(6-8-23(20)32-33-26)27(35)31-19-7-9-24(28(36)37)34(14-19)15-21-22(29)4-3-5-25(21)38-2;;/h4-7,9,11-14,20,25H,8,10,15-16H2,1-3H3,(H,32,36)(H,33,34);3-6,8,10-13,19,24H,7,9,14-15H2,1-2H3,(H,31,35)(H,32,33)(H,36,37);;1H2/q;;+1;/p-1/t20-,25+;19-,24+;;/m11../s1. The van der Waals surface area contributed by atoms with E-state index >= 15 is 0 Å². The number of ether oxygens (including phenoxy) is 3. The van der Waals surface area contributed by atoms with Crippen LogP contribution in [0.5, 0.6) is 11.5 Å². The van der Waals surface area contributed by atoms with Gasteiger partial charge in [-0.25, -0.2) is 8.78 Å². The van der Waals surface area contributed by atoms with Gasteiger partial charge in [0.05, 0.1) is 32.4 Å². The second-order valence-electron chi connectivity index (χ2n) is 19.1. The van der Waals surface area contributed by atoms with E-state index in [9.17, 15) is 33.1 Å². The number of amides is 2. The molecule has 4 atom stereocenters. The zero-order valence-electron chi connectivity index (χ0n) is 44.5. The van der Waals surface area contributed by atoms with Crippen molar-refractivity contribution in [3.63, 3.8) is 0 Å². The smallest absolute Gasteiger partial charge is 0.870 e. The van der Waals surface area contributed by atoms with Crippen LogP contribution in [0, 0.1) is 25.5 Å². The number of H-pyrrole nitrogens is 2. The number of aromatic nitrogens is 6. The maximum atomic E-state index is 14.7. The molecule has 0 bridgehead atoms. The number of esters is 1. The first kappa shape index (κ1) is 58.6. The Bertz CT molecular complexity index is 3490. The summed E-state index contributed by atoms with van der Waals surface area (Å²) in [4.78, 5) is 63.1. The number of halogens is 2. The number of carbonyl (C=O) groups excluding carboxylic acids is 3. The fourth-order valence-electron chi connectivity index (χ4n) is 10.2. The number of carboxylic acids is 1. The number of aliphatic carboxylic acids is 1. The number of methoxy groups -OCH3 is 3. The minimum Gasteiger partial charge on any atom is -0.870 e. The summed E-state index contributed by atoms with van der Waals surface area (Å²) in [6.45, 7) is 4.61. The third-order valence-electron chi connectivity index (χ3n) is 14.1.